The molecular weight excluding hydrogens is 425 g/mol. The van der Waals surface area contributed by atoms with Gasteiger partial charge in [0.1, 0.15) is 5.84 Å². The predicted octanol–water partition coefficient (Wildman–Crippen LogP) is 2.10. The zero-order valence-corrected chi connectivity index (χ0v) is 17.2. The van der Waals surface area contributed by atoms with E-state index in [0.29, 0.717) is 32.1 Å². The van der Waals surface area contributed by atoms with E-state index in [2.05, 4.69) is 22.0 Å². The van der Waals surface area contributed by atoms with Crippen molar-refractivity contribution in [1.82, 2.24) is 10.6 Å². The largest absolute Gasteiger partial charge is 0.416 e. The molecule has 1 aliphatic carbocycles. The molecule has 0 aromatic heterocycles. The van der Waals surface area contributed by atoms with E-state index in [0.717, 1.165) is 30.7 Å². The lowest BCUT2D eigenvalue weighted by atomic mass is 9.82. The van der Waals surface area contributed by atoms with E-state index in [9.17, 15) is 23.2 Å². The quantitative estimate of drug-likeness (QED) is 0.245. The Labute approximate surface area is 183 Å². The van der Waals surface area contributed by atoms with Crippen LogP contribution in [0, 0.1) is 22.7 Å². The molecule has 3 atom stereocenters. The van der Waals surface area contributed by atoms with Crippen molar-refractivity contribution in [3.63, 3.8) is 0 Å². The zero-order valence-electron chi connectivity index (χ0n) is 17.2. The van der Waals surface area contributed by atoms with Crippen molar-refractivity contribution in [2.75, 3.05) is 18.5 Å². The van der Waals surface area contributed by atoms with Crippen LogP contribution in [0.3, 0.4) is 0 Å². The fraction of sp³-hybridized carbons (Fsp3) is 0.476. The van der Waals surface area contributed by atoms with Gasteiger partial charge in [-0.15, -0.1) is 0 Å². The highest BCUT2D eigenvalue weighted by Crippen LogP contribution is 2.30. The van der Waals surface area contributed by atoms with Gasteiger partial charge in [-0.25, -0.2) is 0 Å². The third-order valence-corrected chi connectivity index (χ3v) is 5.58. The Kier molecular flexibility index (Phi) is 7.37. The molecule has 1 heterocycles. The van der Waals surface area contributed by atoms with E-state index in [4.69, 9.17) is 15.9 Å². The summed E-state index contributed by atoms with van der Waals surface area (Å²) in [5.74, 6) is -1.54. The second kappa shape index (κ2) is 10.0. The molecule has 2 aliphatic rings. The summed E-state index contributed by atoms with van der Waals surface area (Å²) in [6, 6.07) is 6.69. The maximum Gasteiger partial charge on any atom is 0.416 e. The third-order valence-electron chi connectivity index (χ3n) is 5.58. The van der Waals surface area contributed by atoms with E-state index >= 15 is 0 Å². The van der Waals surface area contributed by atoms with Crippen LogP contribution in [-0.2, 0) is 15.7 Å². The van der Waals surface area contributed by atoms with E-state index in [1.165, 1.54) is 6.20 Å². The van der Waals surface area contributed by atoms with Crippen LogP contribution >= 0.6 is 0 Å². The highest BCUT2D eigenvalue weighted by molar-refractivity contribution is 6.23. The minimum atomic E-state index is -4.47. The molecule has 6 N–H and O–H groups in total. The normalized spacial score (nSPS) is 24.2. The number of rotatable bonds is 7. The van der Waals surface area contributed by atoms with Crippen LogP contribution in [0.1, 0.15) is 24.8 Å². The lowest BCUT2D eigenvalue weighted by Crippen LogP contribution is -2.53. The number of primary amides is 1. The molecule has 8 nitrogen and oxygen atoms in total. The average Bonchev–Trinajstić information content (AvgIpc) is 2.71. The van der Waals surface area contributed by atoms with Crippen LogP contribution in [0.25, 0.3) is 0 Å². The van der Waals surface area contributed by atoms with Gasteiger partial charge in [-0.3, -0.25) is 10.2 Å². The second-order valence-corrected chi connectivity index (χ2v) is 7.92. The van der Waals surface area contributed by atoms with Gasteiger partial charge in [0.15, 0.2) is 0 Å². The highest BCUT2D eigenvalue weighted by atomic mass is 19.4. The standard InChI is InChI=1S/C21H25F3N6O2/c22-21(23,24)13-1-3-14(4-2-13)30-19(26)17(20(27)31)9-28-18-6-5-15(7-12(18)8-25)29-16-10-32-11-16/h1-4,9,12,15-16,18,28-29H,5-7,10-11H2,(H2,26,30)(H2,27,31)/b17-9+/t12?,15-,18+/m0/s1. The Morgan fingerprint density at radius 1 is 1.22 bits per heavy atom. The molecule has 0 bridgehead atoms. The maximum atomic E-state index is 12.7. The fourth-order valence-electron chi connectivity index (χ4n) is 3.74. The number of nitrogens with one attached hydrogen (secondary N) is 4. The first-order chi connectivity index (χ1) is 15.2. The van der Waals surface area contributed by atoms with Crippen LogP contribution in [0.5, 0.6) is 0 Å². The molecule has 11 heteroatoms. The van der Waals surface area contributed by atoms with Gasteiger partial charge in [0.25, 0.3) is 5.91 Å². The molecule has 1 unspecified atom stereocenters. The van der Waals surface area contributed by atoms with E-state index in [-0.39, 0.29) is 35.1 Å². The summed E-state index contributed by atoms with van der Waals surface area (Å²) >= 11 is 0. The Hall–Kier alpha value is -3.10. The number of halogens is 3. The minimum absolute atomic E-state index is 0.173. The molecule has 1 saturated heterocycles. The van der Waals surface area contributed by atoms with Crippen LogP contribution in [0.4, 0.5) is 18.9 Å². The molecule has 1 aliphatic heterocycles. The smallest absolute Gasteiger partial charge is 0.386 e. The number of amidine groups is 1. The van der Waals surface area contributed by atoms with Crippen LogP contribution in [0.15, 0.2) is 36.0 Å². The van der Waals surface area contributed by atoms with E-state index < -0.39 is 17.6 Å². The lowest BCUT2D eigenvalue weighted by Gasteiger charge is -2.37. The number of benzene rings is 1. The van der Waals surface area contributed by atoms with Crippen molar-refractivity contribution >= 4 is 17.4 Å². The number of amides is 1. The molecule has 0 spiro atoms. The molecule has 2 fully saturated rings. The number of nitrogens with two attached hydrogens (primary N) is 1. The molecule has 1 saturated carbocycles. The Balaban J connectivity index is 1.60. The number of carbonyl (C=O) groups excluding carboxylic acids is 1. The second-order valence-electron chi connectivity index (χ2n) is 7.92. The predicted molar refractivity (Wildman–Crippen MR) is 111 cm³/mol. The number of alkyl halides is 3. The van der Waals surface area contributed by atoms with Crippen molar-refractivity contribution in [2.24, 2.45) is 11.7 Å². The first-order valence-corrected chi connectivity index (χ1v) is 10.2. The number of nitrogens with zero attached hydrogens (tertiary/aromatic N) is 1. The molecule has 0 radical (unpaired) electrons. The number of nitriles is 1. The number of ether oxygens (including phenoxy) is 1. The Morgan fingerprint density at radius 2 is 1.91 bits per heavy atom. The van der Waals surface area contributed by atoms with E-state index in [1.54, 1.807) is 0 Å². The van der Waals surface area contributed by atoms with Crippen LogP contribution in [-0.4, -0.2) is 43.1 Å². The molecule has 3 rings (SSSR count). The average molecular weight is 450 g/mol. The summed E-state index contributed by atoms with van der Waals surface area (Å²) in [5.41, 5.74) is 4.60. The molecule has 1 aromatic rings. The van der Waals surface area contributed by atoms with Crippen molar-refractivity contribution in [2.45, 2.75) is 43.6 Å². The summed E-state index contributed by atoms with van der Waals surface area (Å²) in [7, 11) is 0. The molecule has 172 valence electrons. The topological polar surface area (TPSA) is 136 Å². The lowest BCUT2D eigenvalue weighted by molar-refractivity contribution is -0.137. The molecule has 1 aromatic carbocycles. The summed E-state index contributed by atoms with van der Waals surface area (Å²) in [5, 5.41) is 26.7. The third kappa shape index (κ3) is 5.99. The number of carbonyl (C=O) groups is 1. The summed E-state index contributed by atoms with van der Waals surface area (Å²) in [6.07, 6.45) is -0.999. The van der Waals surface area contributed by atoms with Crippen LogP contribution in [0.2, 0.25) is 0 Å². The Morgan fingerprint density at radius 3 is 2.44 bits per heavy atom. The zero-order chi connectivity index (χ0) is 23.3. The number of hydrogen-bond acceptors (Lipinski definition) is 6. The van der Waals surface area contributed by atoms with Gasteiger partial charge in [0, 0.05) is 24.0 Å². The highest BCUT2D eigenvalue weighted by Gasteiger charge is 2.33. The first-order valence-electron chi connectivity index (χ1n) is 10.2. The summed E-state index contributed by atoms with van der Waals surface area (Å²) < 4.78 is 43.2. The van der Waals surface area contributed by atoms with Gasteiger partial charge in [0.2, 0.25) is 0 Å². The van der Waals surface area contributed by atoms with Crippen molar-refractivity contribution in [3.05, 3.63) is 41.6 Å². The Bertz CT molecular complexity index is 906. The minimum Gasteiger partial charge on any atom is -0.386 e. The van der Waals surface area contributed by atoms with Gasteiger partial charge in [-0.05, 0) is 43.5 Å². The number of hydrogen-bond donors (Lipinski definition) is 5. The SMILES string of the molecule is N#CC1C[C@@H](NC2COC2)CC[C@H]1N/C=C(\C(=N)Nc1ccc(C(F)(F)F)cc1)C(N)=O. The molecule has 32 heavy (non-hydrogen) atoms. The molecule has 1 amide bonds. The van der Waals surface area contributed by atoms with E-state index in [1.807, 2.05) is 0 Å². The van der Waals surface area contributed by atoms with Crippen LogP contribution < -0.4 is 21.7 Å². The fourth-order valence-corrected chi connectivity index (χ4v) is 3.74. The van der Waals surface area contributed by atoms with Gasteiger partial charge in [0.05, 0.1) is 42.4 Å². The van der Waals surface area contributed by atoms with Crippen molar-refractivity contribution in [1.29, 1.82) is 10.7 Å². The van der Waals surface area contributed by atoms with Gasteiger partial charge >= 0.3 is 6.18 Å². The van der Waals surface area contributed by atoms with Gasteiger partial charge in [-0.2, -0.15) is 18.4 Å². The molecular formula is C21H25F3N6O2. The number of anilines is 1. The monoisotopic (exact) mass is 450 g/mol. The maximum absolute atomic E-state index is 12.7. The van der Waals surface area contributed by atoms with Crippen molar-refractivity contribution in [3.8, 4) is 6.07 Å². The first kappa shape index (κ1) is 23.6. The summed E-state index contributed by atoms with van der Waals surface area (Å²) in [6.45, 7) is 1.35. The van der Waals surface area contributed by atoms with Gasteiger partial charge < -0.3 is 26.4 Å². The van der Waals surface area contributed by atoms with Crippen molar-refractivity contribution < 1.29 is 22.7 Å². The van der Waals surface area contributed by atoms with Gasteiger partial charge in [-0.1, -0.05) is 0 Å². The summed E-state index contributed by atoms with van der Waals surface area (Å²) in [4.78, 5) is 11.9.